The molecule has 0 spiro atoms. The van der Waals surface area contributed by atoms with Gasteiger partial charge in [0.1, 0.15) is 6.54 Å². The molecule has 1 unspecified atom stereocenters. The molecule has 0 fully saturated rings. The van der Waals surface area contributed by atoms with Gasteiger partial charge in [0.2, 0.25) is 4.77 Å². The maximum atomic E-state index is 5.67. The van der Waals surface area contributed by atoms with Crippen molar-refractivity contribution in [1.29, 1.82) is 0 Å². The van der Waals surface area contributed by atoms with Crippen LogP contribution in [0.4, 0.5) is 0 Å². The fraction of sp³-hybridized carbons (Fsp3) is 0.300. The van der Waals surface area contributed by atoms with Crippen LogP contribution in [-0.4, -0.2) is 21.4 Å². The second kappa shape index (κ2) is 7.76. The van der Waals surface area contributed by atoms with E-state index in [0.29, 0.717) is 0 Å². The number of benzene rings is 2. The molecular formula is C20H25N4S+. The van der Waals surface area contributed by atoms with Gasteiger partial charge in [-0.15, -0.1) is 5.10 Å². The van der Waals surface area contributed by atoms with Gasteiger partial charge in [0.05, 0.1) is 7.05 Å². The Balaban J connectivity index is 1.84. The van der Waals surface area contributed by atoms with Crippen LogP contribution in [0.25, 0.3) is 11.4 Å². The molecule has 3 aromatic rings. The molecule has 0 aliphatic carbocycles. The Morgan fingerprint density at radius 2 is 1.72 bits per heavy atom. The van der Waals surface area contributed by atoms with Gasteiger partial charge in [0.15, 0.2) is 12.5 Å². The number of rotatable bonds is 6. The summed E-state index contributed by atoms with van der Waals surface area (Å²) in [4.78, 5) is 1.35. The number of aryl methyl sites for hydroxylation is 1. The SMILES string of the molecule is CCn1c(-c2ccccc2)nn(C[NH+](C)Cc2ccccc2C)c1=S. The zero-order valence-electron chi connectivity index (χ0n) is 15.1. The number of aromatic nitrogens is 3. The molecule has 3 rings (SSSR count). The highest BCUT2D eigenvalue weighted by atomic mass is 32.1. The van der Waals surface area contributed by atoms with Crippen molar-refractivity contribution in [2.24, 2.45) is 0 Å². The summed E-state index contributed by atoms with van der Waals surface area (Å²) < 4.78 is 4.84. The smallest absolute Gasteiger partial charge is 0.203 e. The van der Waals surface area contributed by atoms with Crippen LogP contribution in [0.15, 0.2) is 54.6 Å². The third kappa shape index (κ3) is 3.89. The zero-order chi connectivity index (χ0) is 17.8. The van der Waals surface area contributed by atoms with Gasteiger partial charge in [-0.25, -0.2) is 0 Å². The molecule has 1 aromatic heterocycles. The quantitative estimate of drug-likeness (QED) is 0.690. The lowest BCUT2D eigenvalue weighted by Gasteiger charge is -2.15. The molecule has 1 heterocycles. The molecule has 1 N–H and O–H groups in total. The summed E-state index contributed by atoms with van der Waals surface area (Å²) in [7, 11) is 2.18. The van der Waals surface area contributed by atoms with E-state index >= 15 is 0 Å². The topological polar surface area (TPSA) is 27.2 Å². The van der Waals surface area contributed by atoms with Crippen LogP contribution in [0.2, 0.25) is 0 Å². The van der Waals surface area contributed by atoms with Gasteiger partial charge in [-0.2, -0.15) is 4.68 Å². The van der Waals surface area contributed by atoms with E-state index in [9.17, 15) is 0 Å². The van der Waals surface area contributed by atoms with Gasteiger partial charge in [0, 0.05) is 17.7 Å². The average Bonchev–Trinajstić information content (AvgIpc) is 2.93. The van der Waals surface area contributed by atoms with Gasteiger partial charge in [-0.05, 0) is 31.6 Å². The first-order valence-electron chi connectivity index (χ1n) is 8.69. The van der Waals surface area contributed by atoms with Crippen molar-refractivity contribution in [2.45, 2.75) is 33.6 Å². The Labute approximate surface area is 154 Å². The van der Waals surface area contributed by atoms with Gasteiger partial charge in [0.25, 0.3) is 0 Å². The molecule has 0 amide bonds. The number of nitrogens with zero attached hydrogens (tertiary/aromatic N) is 3. The highest BCUT2D eigenvalue weighted by molar-refractivity contribution is 7.71. The van der Waals surface area contributed by atoms with E-state index in [1.54, 1.807) is 0 Å². The monoisotopic (exact) mass is 353 g/mol. The summed E-state index contributed by atoms with van der Waals surface area (Å²) in [6.07, 6.45) is 0. The Bertz CT molecular complexity index is 896. The summed E-state index contributed by atoms with van der Waals surface area (Å²) in [5, 5.41) is 4.81. The van der Waals surface area contributed by atoms with Crippen LogP contribution in [0, 0.1) is 11.7 Å². The predicted octanol–water partition coefficient (Wildman–Crippen LogP) is 3.08. The van der Waals surface area contributed by atoms with E-state index in [1.165, 1.54) is 16.0 Å². The summed E-state index contributed by atoms with van der Waals surface area (Å²) in [5.41, 5.74) is 3.80. The highest BCUT2D eigenvalue weighted by Gasteiger charge is 2.14. The molecule has 25 heavy (non-hydrogen) atoms. The van der Waals surface area contributed by atoms with E-state index in [0.717, 1.165) is 35.9 Å². The van der Waals surface area contributed by atoms with Gasteiger partial charge < -0.3 is 9.47 Å². The molecule has 130 valence electrons. The third-order valence-corrected chi connectivity index (χ3v) is 4.88. The van der Waals surface area contributed by atoms with Crippen LogP contribution < -0.4 is 4.90 Å². The molecule has 2 aromatic carbocycles. The molecule has 0 aliphatic heterocycles. The van der Waals surface area contributed by atoms with Crippen molar-refractivity contribution < 1.29 is 4.90 Å². The van der Waals surface area contributed by atoms with Crippen LogP contribution in [0.3, 0.4) is 0 Å². The molecule has 5 heteroatoms. The Morgan fingerprint density at radius 3 is 2.40 bits per heavy atom. The third-order valence-electron chi connectivity index (χ3n) is 4.44. The Hall–Kier alpha value is -2.24. The summed E-state index contributed by atoms with van der Waals surface area (Å²) in [6, 6.07) is 18.8. The average molecular weight is 354 g/mol. The maximum Gasteiger partial charge on any atom is 0.203 e. The predicted molar refractivity (Wildman–Crippen MR) is 104 cm³/mol. The first kappa shape index (κ1) is 17.6. The van der Waals surface area contributed by atoms with Crippen LogP contribution >= 0.6 is 12.2 Å². The normalized spacial score (nSPS) is 12.3. The molecular weight excluding hydrogens is 328 g/mol. The number of nitrogens with one attached hydrogen (secondary N) is 1. The van der Waals surface area contributed by atoms with Crippen molar-refractivity contribution >= 4 is 12.2 Å². The van der Waals surface area contributed by atoms with Crippen LogP contribution in [0.5, 0.6) is 0 Å². The van der Waals surface area contributed by atoms with Crippen molar-refractivity contribution in [3.8, 4) is 11.4 Å². The molecule has 0 saturated heterocycles. The first-order chi connectivity index (χ1) is 12.1. The summed E-state index contributed by atoms with van der Waals surface area (Å²) in [5.74, 6) is 0.941. The Morgan fingerprint density at radius 1 is 1.04 bits per heavy atom. The fourth-order valence-electron chi connectivity index (χ4n) is 3.07. The second-order valence-corrected chi connectivity index (χ2v) is 6.80. The minimum Gasteiger partial charge on any atom is -0.315 e. The van der Waals surface area contributed by atoms with E-state index in [1.807, 2.05) is 22.9 Å². The highest BCUT2D eigenvalue weighted by Crippen LogP contribution is 2.17. The van der Waals surface area contributed by atoms with Gasteiger partial charge >= 0.3 is 0 Å². The number of hydrogen-bond acceptors (Lipinski definition) is 2. The van der Waals surface area contributed by atoms with E-state index in [4.69, 9.17) is 17.3 Å². The lowest BCUT2D eigenvalue weighted by atomic mass is 10.1. The van der Waals surface area contributed by atoms with Crippen molar-refractivity contribution in [1.82, 2.24) is 14.3 Å². The van der Waals surface area contributed by atoms with Crippen molar-refractivity contribution in [2.75, 3.05) is 7.05 Å². The first-order valence-corrected chi connectivity index (χ1v) is 9.10. The lowest BCUT2D eigenvalue weighted by molar-refractivity contribution is -0.917. The molecule has 0 aliphatic rings. The number of quaternary nitrogens is 1. The fourth-order valence-corrected chi connectivity index (χ4v) is 3.40. The van der Waals surface area contributed by atoms with E-state index in [-0.39, 0.29) is 0 Å². The van der Waals surface area contributed by atoms with Gasteiger partial charge in [-0.1, -0.05) is 54.6 Å². The van der Waals surface area contributed by atoms with Crippen LogP contribution in [-0.2, 0) is 19.8 Å². The minimum atomic E-state index is 0.750. The largest absolute Gasteiger partial charge is 0.315 e. The molecule has 0 radical (unpaired) electrons. The molecule has 4 nitrogen and oxygen atoms in total. The lowest BCUT2D eigenvalue weighted by Crippen LogP contribution is -3.07. The van der Waals surface area contributed by atoms with Crippen molar-refractivity contribution in [3.63, 3.8) is 0 Å². The van der Waals surface area contributed by atoms with Gasteiger partial charge in [-0.3, -0.25) is 0 Å². The summed E-state index contributed by atoms with van der Waals surface area (Å²) >= 11 is 5.67. The standard InChI is InChI=1S/C20H24N4S/c1-4-23-19(17-11-6-5-7-12-17)21-24(20(23)25)15-22(3)14-18-13-9-8-10-16(18)2/h5-13H,4,14-15H2,1-3H3/p+1. The minimum absolute atomic E-state index is 0.750. The maximum absolute atomic E-state index is 5.67. The van der Waals surface area contributed by atoms with Crippen molar-refractivity contribution in [3.05, 3.63) is 70.5 Å². The van der Waals surface area contributed by atoms with E-state index < -0.39 is 0 Å². The molecule has 1 atom stereocenters. The number of hydrogen-bond donors (Lipinski definition) is 1. The second-order valence-electron chi connectivity index (χ2n) is 6.43. The molecule has 0 bridgehead atoms. The summed E-state index contributed by atoms with van der Waals surface area (Å²) in [6.45, 7) is 6.79. The van der Waals surface area contributed by atoms with Crippen LogP contribution in [0.1, 0.15) is 18.1 Å². The Kier molecular flexibility index (Phi) is 5.46. The zero-order valence-corrected chi connectivity index (χ0v) is 15.9. The molecule has 0 saturated carbocycles. The van der Waals surface area contributed by atoms with E-state index in [2.05, 4.69) is 61.9 Å².